The van der Waals surface area contributed by atoms with Crippen molar-refractivity contribution in [3.8, 4) is 0 Å². The molecule has 1 heterocycles. The highest BCUT2D eigenvalue weighted by Crippen LogP contribution is 2.27. The van der Waals surface area contributed by atoms with Crippen LogP contribution in [0.25, 0.3) is 11.1 Å². The molecule has 2 N–H and O–H groups in total. The van der Waals surface area contributed by atoms with Gasteiger partial charge in [0, 0.05) is 5.69 Å². The van der Waals surface area contributed by atoms with Crippen LogP contribution >= 0.6 is 0 Å². The number of aryl methyl sites for hydroxylation is 1. The number of hydrogen-bond donors (Lipinski definition) is 2. The summed E-state index contributed by atoms with van der Waals surface area (Å²) in [5, 5.41) is 2.96. The van der Waals surface area contributed by atoms with Crippen LogP contribution in [0.4, 0.5) is 21.8 Å². The first-order valence-corrected chi connectivity index (χ1v) is 9.91. The first-order valence-electron chi connectivity index (χ1n) is 8.43. The number of aromatic nitrogens is 1. The summed E-state index contributed by atoms with van der Waals surface area (Å²) in [5.41, 5.74) is 2.19. The number of halogens is 1. The zero-order valence-corrected chi connectivity index (χ0v) is 15.6. The molecule has 4 rings (SSSR count). The maximum Gasteiger partial charge on any atom is 0.300 e. The van der Waals surface area contributed by atoms with Crippen molar-refractivity contribution in [3.63, 3.8) is 0 Å². The predicted molar refractivity (Wildman–Crippen MR) is 106 cm³/mol. The van der Waals surface area contributed by atoms with E-state index in [1.807, 2.05) is 18.2 Å². The van der Waals surface area contributed by atoms with Gasteiger partial charge in [-0.25, -0.2) is 12.8 Å². The quantitative estimate of drug-likeness (QED) is 0.504. The molecule has 0 aliphatic carbocycles. The smallest absolute Gasteiger partial charge is 0.300 e. The molecule has 0 unspecified atom stereocenters. The fraction of sp³-hybridized carbons (Fsp3) is 0.0500. The average molecular weight is 397 g/mol. The minimum atomic E-state index is -3.99. The molecule has 0 bridgehead atoms. The van der Waals surface area contributed by atoms with Crippen LogP contribution in [0.2, 0.25) is 0 Å². The molecule has 3 aromatic carbocycles. The Balaban J connectivity index is 1.65. The van der Waals surface area contributed by atoms with Crippen LogP contribution in [0.1, 0.15) is 5.56 Å². The average Bonchev–Trinajstić information content (AvgIpc) is 3.07. The first kappa shape index (κ1) is 18.0. The van der Waals surface area contributed by atoms with Gasteiger partial charge < -0.3 is 9.73 Å². The highest BCUT2D eigenvalue weighted by Gasteiger charge is 2.19. The Morgan fingerprint density at radius 1 is 1.00 bits per heavy atom. The van der Waals surface area contributed by atoms with E-state index in [-0.39, 0.29) is 16.6 Å². The number of nitrogens with zero attached hydrogens (tertiary/aromatic N) is 1. The highest BCUT2D eigenvalue weighted by molar-refractivity contribution is 7.92. The third kappa shape index (κ3) is 3.54. The van der Waals surface area contributed by atoms with Crippen molar-refractivity contribution in [3.05, 3.63) is 78.1 Å². The molecule has 4 aromatic rings. The van der Waals surface area contributed by atoms with E-state index in [0.717, 1.165) is 0 Å². The lowest BCUT2D eigenvalue weighted by atomic mass is 10.2. The Morgan fingerprint density at radius 3 is 2.54 bits per heavy atom. The zero-order chi connectivity index (χ0) is 19.7. The Morgan fingerprint density at radius 2 is 1.75 bits per heavy atom. The molecule has 0 atom stereocenters. The molecule has 0 radical (unpaired) electrons. The summed E-state index contributed by atoms with van der Waals surface area (Å²) in [7, 11) is -3.99. The van der Waals surface area contributed by atoms with E-state index in [2.05, 4.69) is 15.0 Å². The molecular weight excluding hydrogens is 381 g/mol. The van der Waals surface area contributed by atoms with Gasteiger partial charge in [0.25, 0.3) is 16.0 Å². The number of anilines is 3. The summed E-state index contributed by atoms with van der Waals surface area (Å²) in [6.07, 6.45) is 0. The summed E-state index contributed by atoms with van der Waals surface area (Å²) in [6, 6.07) is 17.9. The van der Waals surface area contributed by atoms with Gasteiger partial charge in [-0.3, -0.25) is 4.72 Å². The molecule has 0 saturated carbocycles. The Labute approximate surface area is 161 Å². The second-order valence-corrected chi connectivity index (χ2v) is 7.83. The van der Waals surface area contributed by atoms with Gasteiger partial charge in [-0.1, -0.05) is 30.3 Å². The molecule has 0 spiro atoms. The number of oxazole rings is 1. The van der Waals surface area contributed by atoms with Crippen LogP contribution in [0, 0.1) is 12.7 Å². The van der Waals surface area contributed by atoms with Crippen molar-refractivity contribution in [2.75, 3.05) is 10.0 Å². The van der Waals surface area contributed by atoms with E-state index in [1.54, 1.807) is 31.2 Å². The fourth-order valence-electron chi connectivity index (χ4n) is 2.76. The van der Waals surface area contributed by atoms with Gasteiger partial charge in [0.1, 0.15) is 11.3 Å². The minimum Gasteiger partial charge on any atom is -0.423 e. The van der Waals surface area contributed by atoms with Crippen LogP contribution in [0.5, 0.6) is 0 Å². The molecular formula is C20H16FN3O3S. The molecule has 0 aliphatic rings. The lowest BCUT2D eigenvalue weighted by molar-refractivity contribution is 0.598. The standard InChI is InChI=1S/C20H16FN3O3S/c1-13-10-11-14(22-20-23-17-8-4-5-9-18(17)27-20)12-19(13)28(25,26)24-16-7-3-2-6-15(16)21/h2-12,24H,1H3,(H,22,23). The molecule has 0 amide bonds. The van der Waals surface area contributed by atoms with Gasteiger partial charge in [0.05, 0.1) is 10.6 Å². The Kier molecular flexibility index (Phi) is 4.48. The lowest BCUT2D eigenvalue weighted by Gasteiger charge is -2.12. The second-order valence-electron chi connectivity index (χ2n) is 6.18. The van der Waals surface area contributed by atoms with E-state index in [1.165, 1.54) is 24.3 Å². The Bertz CT molecular complexity index is 1240. The second kappa shape index (κ2) is 6.97. The lowest BCUT2D eigenvalue weighted by Crippen LogP contribution is -2.15. The van der Waals surface area contributed by atoms with Gasteiger partial charge in [0.15, 0.2) is 5.58 Å². The third-order valence-corrected chi connectivity index (χ3v) is 5.65. The molecule has 0 aliphatic heterocycles. The molecule has 0 fully saturated rings. The monoisotopic (exact) mass is 397 g/mol. The van der Waals surface area contributed by atoms with Crippen LogP contribution in [-0.2, 0) is 10.0 Å². The van der Waals surface area contributed by atoms with Crippen molar-refractivity contribution in [2.45, 2.75) is 11.8 Å². The largest absolute Gasteiger partial charge is 0.423 e. The SMILES string of the molecule is Cc1ccc(Nc2nc3ccccc3o2)cc1S(=O)(=O)Nc1ccccc1F. The normalized spacial score (nSPS) is 11.5. The van der Waals surface area contributed by atoms with Gasteiger partial charge in [0.2, 0.25) is 0 Å². The fourth-order valence-corrected chi connectivity index (χ4v) is 4.10. The molecule has 0 saturated heterocycles. The van der Waals surface area contributed by atoms with E-state index in [0.29, 0.717) is 22.4 Å². The summed E-state index contributed by atoms with van der Waals surface area (Å²) in [5.74, 6) is -0.649. The summed E-state index contributed by atoms with van der Waals surface area (Å²) >= 11 is 0. The highest BCUT2D eigenvalue weighted by atomic mass is 32.2. The van der Waals surface area contributed by atoms with Crippen LogP contribution in [-0.4, -0.2) is 13.4 Å². The van der Waals surface area contributed by atoms with Crippen molar-refractivity contribution >= 4 is 38.5 Å². The zero-order valence-electron chi connectivity index (χ0n) is 14.8. The first-order chi connectivity index (χ1) is 13.4. The van der Waals surface area contributed by atoms with E-state index >= 15 is 0 Å². The third-order valence-electron chi connectivity index (χ3n) is 4.14. The van der Waals surface area contributed by atoms with Gasteiger partial charge in [-0.05, 0) is 48.9 Å². The van der Waals surface area contributed by atoms with Crippen molar-refractivity contribution in [1.82, 2.24) is 4.98 Å². The van der Waals surface area contributed by atoms with Crippen LogP contribution < -0.4 is 10.0 Å². The van der Waals surface area contributed by atoms with E-state index in [9.17, 15) is 12.8 Å². The number of rotatable bonds is 5. The number of para-hydroxylation sites is 3. The minimum absolute atomic E-state index is 0.0249. The van der Waals surface area contributed by atoms with Crippen molar-refractivity contribution in [1.29, 1.82) is 0 Å². The molecule has 6 nitrogen and oxygen atoms in total. The van der Waals surface area contributed by atoms with E-state index in [4.69, 9.17) is 4.42 Å². The summed E-state index contributed by atoms with van der Waals surface area (Å²) in [6.45, 7) is 1.67. The number of benzene rings is 3. The number of fused-ring (bicyclic) bond motifs is 1. The van der Waals surface area contributed by atoms with Crippen molar-refractivity contribution in [2.24, 2.45) is 0 Å². The van der Waals surface area contributed by atoms with Gasteiger partial charge in [-0.15, -0.1) is 0 Å². The van der Waals surface area contributed by atoms with Gasteiger partial charge >= 0.3 is 0 Å². The summed E-state index contributed by atoms with van der Waals surface area (Å²) < 4.78 is 47.3. The van der Waals surface area contributed by atoms with E-state index < -0.39 is 15.8 Å². The topological polar surface area (TPSA) is 84.2 Å². The van der Waals surface area contributed by atoms with Crippen molar-refractivity contribution < 1.29 is 17.2 Å². The van der Waals surface area contributed by atoms with Crippen LogP contribution in [0.15, 0.2) is 76.0 Å². The predicted octanol–water partition coefficient (Wildman–Crippen LogP) is 4.82. The molecule has 28 heavy (non-hydrogen) atoms. The Hall–Kier alpha value is -3.39. The number of sulfonamides is 1. The van der Waals surface area contributed by atoms with Crippen LogP contribution in [0.3, 0.4) is 0 Å². The molecule has 1 aromatic heterocycles. The molecule has 8 heteroatoms. The number of nitrogens with one attached hydrogen (secondary N) is 2. The molecule has 142 valence electrons. The maximum absolute atomic E-state index is 13.8. The number of hydrogen-bond acceptors (Lipinski definition) is 5. The van der Waals surface area contributed by atoms with Gasteiger partial charge in [-0.2, -0.15) is 4.98 Å². The summed E-state index contributed by atoms with van der Waals surface area (Å²) in [4.78, 5) is 4.33. The maximum atomic E-state index is 13.8.